The number of benzene rings is 1. The van der Waals surface area contributed by atoms with Gasteiger partial charge < -0.3 is 15.8 Å². The van der Waals surface area contributed by atoms with Gasteiger partial charge in [0.2, 0.25) is 0 Å². The molecule has 0 saturated heterocycles. The molecule has 0 aliphatic heterocycles. The smallest absolute Gasteiger partial charge is 0.274 e. The summed E-state index contributed by atoms with van der Waals surface area (Å²) in [5, 5.41) is 2.77. The summed E-state index contributed by atoms with van der Waals surface area (Å²) >= 11 is 0. The molecule has 0 radical (unpaired) electrons. The van der Waals surface area contributed by atoms with Gasteiger partial charge in [0.05, 0.1) is 5.69 Å². The third kappa shape index (κ3) is 3.53. The molecule has 5 nitrogen and oxygen atoms in total. The van der Waals surface area contributed by atoms with Crippen molar-refractivity contribution in [3.8, 4) is 5.75 Å². The molecule has 98 valence electrons. The Morgan fingerprint density at radius 2 is 2.00 bits per heavy atom. The lowest BCUT2D eigenvalue weighted by Gasteiger charge is -2.11. The average molecular weight is 257 g/mol. The Morgan fingerprint density at radius 3 is 2.74 bits per heavy atom. The van der Waals surface area contributed by atoms with E-state index in [4.69, 9.17) is 10.5 Å². The number of nitrogens with zero attached hydrogens (tertiary/aromatic N) is 1. The molecule has 1 amide bonds. The number of aromatic nitrogens is 1. The third-order valence-corrected chi connectivity index (χ3v) is 2.41. The molecule has 2 aromatic rings. The van der Waals surface area contributed by atoms with Crippen LogP contribution in [0.2, 0.25) is 0 Å². The Kier molecular flexibility index (Phi) is 4.47. The molecule has 0 saturated carbocycles. The Bertz CT molecular complexity index is 543. The minimum atomic E-state index is -0.274. The molecule has 3 N–H and O–H groups in total. The molecular weight excluding hydrogens is 242 g/mol. The van der Waals surface area contributed by atoms with Gasteiger partial charge >= 0.3 is 0 Å². The van der Waals surface area contributed by atoms with Gasteiger partial charge in [-0.1, -0.05) is 18.2 Å². The number of anilines is 1. The van der Waals surface area contributed by atoms with E-state index in [-0.39, 0.29) is 5.91 Å². The second kappa shape index (κ2) is 6.51. The second-order valence-electron chi connectivity index (χ2n) is 3.80. The lowest BCUT2D eigenvalue weighted by Crippen LogP contribution is -2.15. The van der Waals surface area contributed by atoms with Crippen molar-refractivity contribution in [1.82, 2.24) is 4.98 Å². The number of carbonyl (C=O) groups is 1. The van der Waals surface area contributed by atoms with Gasteiger partial charge in [-0.25, -0.2) is 0 Å². The van der Waals surface area contributed by atoms with E-state index in [0.717, 1.165) is 0 Å². The zero-order chi connectivity index (χ0) is 13.5. The van der Waals surface area contributed by atoms with E-state index in [9.17, 15) is 4.79 Å². The Labute approximate surface area is 111 Å². The van der Waals surface area contributed by atoms with Crippen LogP contribution in [0, 0.1) is 0 Å². The summed E-state index contributed by atoms with van der Waals surface area (Å²) < 4.78 is 5.46. The molecule has 1 aromatic carbocycles. The number of para-hydroxylation sites is 2. The van der Waals surface area contributed by atoms with Crippen LogP contribution >= 0.6 is 0 Å². The summed E-state index contributed by atoms with van der Waals surface area (Å²) in [6, 6.07) is 12.4. The highest BCUT2D eigenvalue weighted by Crippen LogP contribution is 2.23. The number of ether oxygens (including phenoxy) is 1. The molecule has 0 aliphatic rings. The highest BCUT2D eigenvalue weighted by Gasteiger charge is 2.09. The summed E-state index contributed by atoms with van der Waals surface area (Å²) in [5.74, 6) is 0.321. The molecule has 19 heavy (non-hydrogen) atoms. The zero-order valence-corrected chi connectivity index (χ0v) is 10.4. The van der Waals surface area contributed by atoms with Gasteiger partial charge in [0.15, 0.2) is 0 Å². The van der Waals surface area contributed by atoms with Crippen LogP contribution in [-0.4, -0.2) is 24.0 Å². The lowest BCUT2D eigenvalue weighted by molar-refractivity contribution is 0.102. The van der Waals surface area contributed by atoms with E-state index in [1.54, 1.807) is 36.5 Å². The summed E-state index contributed by atoms with van der Waals surface area (Å²) in [4.78, 5) is 16.0. The maximum atomic E-state index is 12.0. The third-order valence-electron chi connectivity index (χ3n) is 2.41. The molecule has 5 heteroatoms. The first-order chi connectivity index (χ1) is 9.31. The number of hydrogen-bond acceptors (Lipinski definition) is 4. The van der Waals surface area contributed by atoms with Gasteiger partial charge in [0.1, 0.15) is 18.1 Å². The van der Waals surface area contributed by atoms with Crippen LogP contribution in [-0.2, 0) is 0 Å². The zero-order valence-electron chi connectivity index (χ0n) is 10.4. The monoisotopic (exact) mass is 257 g/mol. The second-order valence-corrected chi connectivity index (χ2v) is 3.80. The maximum absolute atomic E-state index is 12.0. The summed E-state index contributed by atoms with van der Waals surface area (Å²) in [6.07, 6.45) is 1.58. The molecule has 0 atom stereocenters. The molecule has 0 fully saturated rings. The number of hydrogen-bond donors (Lipinski definition) is 2. The highest BCUT2D eigenvalue weighted by molar-refractivity contribution is 6.03. The molecule has 0 spiro atoms. The largest absolute Gasteiger partial charge is 0.490 e. The molecule has 0 unspecified atom stereocenters. The Balaban J connectivity index is 2.12. The van der Waals surface area contributed by atoms with E-state index in [1.165, 1.54) is 0 Å². The predicted molar refractivity (Wildman–Crippen MR) is 73.2 cm³/mol. The van der Waals surface area contributed by atoms with Crippen LogP contribution in [0.15, 0.2) is 48.7 Å². The van der Waals surface area contributed by atoms with Crippen LogP contribution < -0.4 is 15.8 Å². The van der Waals surface area contributed by atoms with E-state index in [1.807, 2.05) is 12.1 Å². The molecule has 1 aromatic heterocycles. The maximum Gasteiger partial charge on any atom is 0.274 e. The van der Waals surface area contributed by atoms with E-state index < -0.39 is 0 Å². The number of pyridine rings is 1. The first-order valence-corrected chi connectivity index (χ1v) is 5.95. The standard InChI is InChI=1S/C14H15N3O2/c15-8-10-19-13-7-2-1-5-11(13)17-14(18)12-6-3-4-9-16-12/h1-7,9H,8,10,15H2,(H,17,18). The van der Waals surface area contributed by atoms with Gasteiger partial charge in [-0.3, -0.25) is 9.78 Å². The van der Waals surface area contributed by atoms with Crippen LogP contribution in [0.5, 0.6) is 5.75 Å². The van der Waals surface area contributed by atoms with Gasteiger partial charge in [0.25, 0.3) is 5.91 Å². The van der Waals surface area contributed by atoms with Gasteiger partial charge in [-0.05, 0) is 24.3 Å². The van der Waals surface area contributed by atoms with Crippen LogP contribution in [0.25, 0.3) is 0 Å². The van der Waals surface area contributed by atoms with Gasteiger partial charge in [-0.15, -0.1) is 0 Å². The molecule has 0 bridgehead atoms. The fraction of sp³-hybridized carbons (Fsp3) is 0.143. The summed E-state index contributed by atoms with van der Waals surface area (Å²) in [7, 11) is 0. The minimum absolute atomic E-state index is 0.274. The number of amides is 1. The van der Waals surface area contributed by atoms with Crippen molar-refractivity contribution < 1.29 is 9.53 Å². The van der Waals surface area contributed by atoms with Crippen LogP contribution in [0.3, 0.4) is 0 Å². The molecular formula is C14H15N3O2. The van der Waals surface area contributed by atoms with E-state index >= 15 is 0 Å². The normalized spacial score (nSPS) is 9.95. The van der Waals surface area contributed by atoms with Crippen molar-refractivity contribution in [3.63, 3.8) is 0 Å². The summed E-state index contributed by atoms with van der Waals surface area (Å²) in [6.45, 7) is 0.818. The van der Waals surface area contributed by atoms with Crippen molar-refractivity contribution in [3.05, 3.63) is 54.4 Å². The predicted octanol–water partition coefficient (Wildman–Crippen LogP) is 1.67. The van der Waals surface area contributed by atoms with E-state index in [0.29, 0.717) is 30.3 Å². The van der Waals surface area contributed by atoms with E-state index in [2.05, 4.69) is 10.3 Å². The quantitative estimate of drug-likeness (QED) is 0.854. The highest BCUT2D eigenvalue weighted by atomic mass is 16.5. The minimum Gasteiger partial charge on any atom is -0.490 e. The average Bonchev–Trinajstić information content (AvgIpc) is 2.47. The Hall–Kier alpha value is -2.40. The number of rotatable bonds is 5. The number of nitrogens with one attached hydrogen (secondary N) is 1. The number of nitrogens with two attached hydrogens (primary N) is 1. The Morgan fingerprint density at radius 1 is 1.21 bits per heavy atom. The number of carbonyl (C=O) groups excluding carboxylic acids is 1. The topological polar surface area (TPSA) is 77.2 Å². The van der Waals surface area contributed by atoms with Gasteiger partial charge in [0, 0.05) is 12.7 Å². The SMILES string of the molecule is NCCOc1ccccc1NC(=O)c1ccccn1. The van der Waals surface area contributed by atoms with Crippen LogP contribution in [0.4, 0.5) is 5.69 Å². The van der Waals surface area contributed by atoms with Crippen molar-refractivity contribution in [2.45, 2.75) is 0 Å². The molecule has 1 heterocycles. The van der Waals surface area contributed by atoms with Crippen molar-refractivity contribution in [2.24, 2.45) is 5.73 Å². The lowest BCUT2D eigenvalue weighted by atomic mass is 10.2. The van der Waals surface area contributed by atoms with Crippen molar-refractivity contribution in [1.29, 1.82) is 0 Å². The first-order valence-electron chi connectivity index (χ1n) is 5.95. The fourth-order valence-electron chi connectivity index (χ4n) is 1.55. The molecule has 0 aliphatic carbocycles. The molecule has 2 rings (SSSR count). The summed E-state index contributed by atoms with van der Waals surface area (Å²) in [5.41, 5.74) is 6.36. The van der Waals surface area contributed by atoms with Crippen molar-refractivity contribution >= 4 is 11.6 Å². The van der Waals surface area contributed by atoms with Crippen molar-refractivity contribution in [2.75, 3.05) is 18.5 Å². The van der Waals surface area contributed by atoms with Crippen LogP contribution in [0.1, 0.15) is 10.5 Å². The first kappa shape index (κ1) is 13.0. The van der Waals surface area contributed by atoms with Gasteiger partial charge in [-0.2, -0.15) is 0 Å². The fourth-order valence-corrected chi connectivity index (χ4v) is 1.55.